The van der Waals surface area contributed by atoms with Gasteiger partial charge in [-0.25, -0.2) is 0 Å². The Balaban J connectivity index is -0.000000425. The summed E-state index contributed by atoms with van der Waals surface area (Å²) in [5, 5.41) is 0. The van der Waals surface area contributed by atoms with Gasteiger partial charge in [0.1, 0.15) is 19.8 Å². The number of halogens is 4. The highest BCUT2D eigenvalue weighted by Crippen LogP contribution is 2.38. The Morgan fingerprint density at radius 3 is 1.18 bits per heavy atom. The van der Waals surface area contributed by atoms with Crippen molar-refractivity contribution in [1.29, 1.82) is 0 Å². The molecule has 0 aliphatic heterocycles. The van der Waals surface area contributed by atoms with Gasteiger partial charge >= 0.3 is 11.9 Å². The van der Waals surface area contributed by atoms with E-state index in [9.17, 15) is 19.0 Å². The van der Waals surface area contributed by atoms with Gasteiger partial charge in [-0.1, -0.05) is 154 Å². The molecule has 0 aromatic heterocycles. The number of allylic oxidation sites excluding steroid dienone is 2. The molecule has 0 amide bonds. The highest BCUT2D eigenvalue weighted by Gasteiger charge is 2.21. The molecule has 0 rings (SSSR count). The fourth-order valence-corrected chi connectivity index (χ4v) is 6.61. The van der Waals surface area contributed by atoms with Crippen LogP contribution < -0.4 is 42.2 Å². The van der Waals surface area contributed by atoms with Crippen LogP contribution in [-0.2, 0) is 32.7 Å². The number of likely N-dealkylation sites (N-methyl/N-ethyl adjacent to an activating group) is 1. The summed E-state index contributed by atoms with van der Waals surface area (Å²) >= 11 is -1.67. The summed E-state index contributed by atoms with van der Waals surface area (Å²) in [6.07, 6.45) is 35.1. The average Bonchev–Trinajstić information content (AvgIpc) is 3.26. The van der Waals surface area contributed by atoms with Crippen molar-refractivity contribution in [1.82, 2.24) is 0 Å². The molecule has 2 N–H and O–H groups in total. The first-order valence-electron chi connectivity index (χ1n) is 22.8. The second-order valence-electron chi connectivity index (χ2n) is 16.0. The zero-order valence-electron chi connectivity index (χ0n) is 40.6. The van der Waals surface area contributed by atoms with Crippen molar-refractivity contribution < 1.29 is 130 Å². The van der Waals surface area contributed by atoms with E-state index in [0.29, 0.717) is 17.4 Å². The Morgan fingerprint density at radius 2 is 0.836 bits per heavy atom. The molecule has 25 heteroatoms. The van der Waals surface area contributed by atoms with E-state index in [1.54, 1.807) is 0 Å². The van der Waals surface area contributed by atoms with Crippen molar-refractivity contribution in [3.8, 4) is 0 Å². The molecule has 0 aliphatic carbocycles. The Bertz CT molecular complexity index is 1020. The van der Waals surface area contributed by atoms with Crippen LogP contribution in [-0.4, -0.2) is 75.5 Å². The molecule has 0 fully saturated rings. The minimum atomic E-state index is -4.62. The molecule has 0 aliphatic rings. The monoisotopic (exact) mass is 1080 g/mol. The number of esters is 2. The van der Waals surface area contributed by atoms with Gasteiger partial charge in [-0.15, -0.1) is 0 Å². The van der Waals surface area contributed by atoms with Crippen LogP contribution in [0.25, 0.3) is 0 Å². The summed E-state index contributed by atoms with van der Waals surface area (Å²) in [7, 11) is 1.17. The van der Waals surface area contributed by atoms with Gasteiger partial charge in [0.15, 0.2) is 6.10 Å². The number of nitrogens with zero attached hydrogens (tertiary/aromatic N) is 1. The molecule has 0 spiro atoms. The van der Waals surface area contributed by atoms with Crippen LogP contribution in [0.3, 0.4) is 0 Å². The van der Waals surface area contributed by atoms with E-state index in [0.717, 1.165) is 51.4 Å². The summed E-state index contributed by atoms with van der Waals surface area (Å²) in [6.45, 7) is 4.22. The number of phosphoric acid groups is 1. The molecular weight excluding hydrogens is 995 g/mol. The average molecular weight is 1080 g/mol. The Hall–Kier alpha value is -0.850. The first-order valence-corrected chi connectivity index (χ1v) is 26.7. The van der Waals surface area contributed by atoms with Gasteiger partial charge in [0.25, 0.3) is 7.82 Å². The van der Waals surface area contributed by atoms with Gasteiger partial charge in [0.05, 0.1) is 73.1 Å². The number of hydrogen-bond donors (Lipinski definition) is 0. The van der Waals surface area contributed by atoms with Gasteiger partial charge in [-0.05, 0) is 38.5 Å². The minimum absolute atomic E-state index is 0. The van der Waals surface area contributed by atoms with E-state index in [1.165, 1.54) is 109 Å². The Labute approximate surface area is 417 Å². The van der Waals surface area contributed by atoms with Gasteiger partial charge in [-0.3, -0.25) is 14.2 Å². The Morgan fingerprint density at radius 1 is 0.522 bits per heavy atom. The molecule has 0 saturated carbocycles. The zero-order chi connectivity index (χ0) is 51.4. The molecule has 20 nitrogen and oxygen atoms in total. The summed E-state index contributed by atoms with van der Waals surface area (Å²) in [4.78, 5) is 51.4. The molecule has 0 saturated heterocycles. The van der Waals surface area contributed by atoms with E-state index in [-0.39, 0.29) is 37.5 Å². The standard InChI is InChI=1S/C42H82NO8P.4ClO2.O2.H2O/c1-6-8-10-12-14-16-18-20-21-23-25-27-29-31-33-35-42(45)51-40(39-50-52(46,47)49-37-36-43(3,4)5)38-48-41(44)34-32-30-28-26-24-22-19-17-15-13-11-9-7-2;4*2-1-3;1-2;/h20-21,40H,6-19,22-39H2,1-5H3;;;;;;1H2/q;4*-1;;/b21-20-;;;;;;/t40-;;;;;;/m1....../s1. The second-order valence-corrected chi connectivity index (χ2v) is 17.9. The number of phosphoric ester groups is 1. The summed E-state index contributed by atoms with van der Waals surface area (Å²) in [6, 6.07) is 0. The first kappa shape index (κ1) is 80.3. The number of quaternary nitrogens is 1. The van der Waals surface area contributed by atoms with Crippen LogP contribution in [0.15, 0.2) is 12.2 Å². The van der Waals surface area contributed by atoms with Crippen molar-refractivity contribution in [2.45, 2.75) is 200 Å². The van der Waals surface area contributed by atoms with Gasteiger partial charge in [0.2, 0.25) is 0 Å². The van der Waals surface area contributed by atoms with E-state index in [4.69, 9.17) is 65.7 Å². The molecule has 0 radical (unpaired) electrons. The molecule has 0 bridgehead atoms. The molecule has 67 heavy (non-hydrogen) atoms. The number of carbonyl (C=O) groups is 2. The van der Waals surface area contributed by atoms with Crippen molar-refractivity contribution in [3.05, 3.63) is 22.1 Å². The maximum Gasteiger partial charge on any atom is 0.306 e. The summed E-state index contributed by atoms with van der Waals surface area (Å²) < 4.78 is 99.7. The van der Waals surface area contributed by atoms with Gasteiger partial charge in [0, 0.05) is 22.8 Å². The zero-order valence-corrected chi connectivity index (χ0v) is 44.5. The highest BCUT2D eigenvalue weighted by molar-refractivity contribution is 7.45. The lowest BCUT2D eigenvalue weighted by atomic mass is 10.0. The van der Waals surface area contributed by atoms with Gasteiger partial charge in [-0.2, -0.15) is 0 Å². The molecule has 0 aromatic rings. The summed E-state index contributed by atoms with van der Waals surface area (Å²) in [5.74, 6) is -0.837. The predicted molar refractivity (Wildman–Crippen MR) is 223 cm³/mol. The Kier molecular flexibility index (Phi) is 83.1. The number of unbranched alkanes of at least 4 members (excludes halogenated alkanes) is 23. The lowest BCUT2D eigenvalue weighted by Gasteiger charge is -2.28. The fraction of sp³-hybridized carbons (Fsp3) is 0.905. The van der Waals surface area contributed by atoms with Crippen molar-refractivity contribution in [3.63, 3.8) is 0 Å². The quantitative estimate of drug-likeness (QED) is 0.0271. The largest absolute Gasteiger partial charge is 0.756 e. The third-order valence-corrected chi connectivity index (χ3v) is 10.2. The van der Waals surface area contributed by atoms with Crippen LogP contribution in [0.2, 0.25) is 0 Å². The van der Waals surface area contributed by atoms with Crippen LogP contribution in [0.5, 0.6) is 0 Å². The van der Waals surface area contributed by atoms with E-state index < -0.39 is 71.8 Å². The summed E-state index contributed by atoms with van der Waals surface area (Å²) in [5.41, 5.74) is 0. The van der Waals surface area contributed by atoms with E-state index in [2.05, 4.69) is 26.0 Å². The van der Waals surface area contributed by atoms with Gasteiger partial charge < -0.3 is 70.6 Å². The molecule has 1 unspecified atom stereocenters. The normalized spacial score (nSPS) is 11.8. The third-order valence-electron chi connectivity index (χ3n) is 9.29. The number of rotatable bonds is 39. The maximum absolute atomic E-state index is 12.6. The smallest absolute Gasteiger partial charge is 0.306 e. The van der Waals surface area contributed by atoms with Crippen LogP contribution in [0.4, 0.5) is 0 Å². The van der Waals surface area contributed by atoms with Crippen LogP contribution >= 0.6 is 7.82 Å². The lowest BCUT2D eigenvalue weighted by molar-refractivity contribution is -1.41. The predicted octanol–water partition coefficient (Wildman–Crippen LogP) is 0.898. The molecular formula is C42H84Cl4NO19P-4. The molecule has 2 atom stereocenters. The topological polar surface area (TPSA) is 361 Å². The SMILES string of the molecule is CCCCCCCC/C=C\CCCCCCCC(=O)O[C@H](COC(=O)CCCCCCCCCCCCCCC)COP(=O)([O-])OCC[N+](C)(C)C.O.O=O.[O-][Cl+][O-].[O-][Cl+][O-].[O-][Cl+][O-].[O-][Cl+][O-]. The number of carbonyl (C=O) groups excluding carboxylic acids is 2. The number of ether oxygens (including phenoxy) is 2. The van der Waals surface area contributed by atoms with Crippen molar-refractivity contribution in [2.24, 2.45) is 0 Å². The fourth-order valence-electron chi connectivity index (χ4n) is 5.88. The molecule has 0 heterocycles. The third kappa shape index (κ3) is 88.6. The molecule has 408 valence electrons. The molecule has 0 aromatic carbocycles. The van der Waals surface area contributed by atoms with Crippen molar-refractivity contribution >= 4 is 19.8 Å². The van der Waals surface area contributed by atoms with E-state index >= 15 is 0 Å². The van der Waals surface area contributed by atoms with Crippen molar-refractivity contribution in [2.75, 3.05) is 47.5 Å². The van der Waals surface area contributed by atoms with Crippen LogP contribution in [0.1, 0.15) is 194 Å². The highest BCUT2D eigenvalue weighted by atomic mass is 35.6. The first-order chi connectivity index (χ1) is 31.6. The maximum atomic E-state index is 12.6. The van der Waals surface area contributed by atoms with E-state index in [1.807, 2.05) is 21.1 Å². The minimum Gasteiger partial charge on any atom is -0.756 e. The number of hydrogen-bond acceptors (Lipinski definition) is 18. The van der Waals surface area contributed by atoms with Crippen LogP contribution in [0, 0.1) is 55.2 Å². The second kappa shape index (κ2) is 69.4. The lowest BCUT2D eigenvalue weighted by Crippen LogP contribution is -2.37.